The summed E-state index contributed by atoms with van der Waals surface area (Å²) in [4.78, 5) is 14.9. The molecule has 0 aromatic heterocycles. The van der Waals surface area contributed by atoms with E-state index in [4.69, 9.17) is 0 Å². The molecule has 1 N–H and O–H groups in total. The number of likely N-dealkylation sites (tertiary alicyclic amines) is 1. The van der Waals surface area contributed by atoms with Gasteiger partial charge in [0.15, 0.2) is 0 Å². The Morgan fingerprint density at radius 1 is 1.23 bits per heavy atom. The zero-order valence-electron chi connectivity index (χ0n) is 14.3. The number of hydrogen-bond acceptors (Lipinski definition) is 2. The predicted octanol–water partition coefficient (Wildman–Crippen LogP) is 3.10. The van der Waals surface area contributed by atoms with Crippen molar-refractivity contribution in [1.82, 2.24) is 10.2 Å². The lowest BCUT2D eigenvalue weighted by atomic mass is 9.83. The third kappa shape index (κ3) is 4.57. The van der Waals surface area contributed by atoms with Gasteiger partial charge in [-0.15, -0.1) is 0 Å². The first kappa shape index (κ1) is 17.0. The van der Waals surface area contributed by atoms with Gasteiger partial charge in [-0.2, -0.15) is 0 Å². The van der Waals surface area contributed by atoms with Crippen LogP contribution < -0.4 is 5.32 Å². The van der Waals surface area contributed by atoms with Gasteiger partial charge in [0.25, 0.3) is 0 Å². The molecule has 0 unspecified atom stereocenters. The number of hydrogen-bond donors (Lipinski definition) is 1. The minimum absolute atomic E-state index is 0.309. The van der Waals surface area contributed by atoms with Crippen LogP contribution in [-0.2, 0) is 11.2 Å². The van der Waals surface area contributed by atoms with E-state index in [2.05, 4.69) is 36.2 Å². The fraction of sp³-hybridized carbons (Fsp3) is 0.632. The summed E-state index contributed by atoms with van der Waals surface area (Å²) in [7, 11) is 2.00. The smallest absolute Gasteiger partial charge is 0.228 e. The molecule has 2 rings (SSSR count). The summed E-state index contributed by atoms with van der Waals surface area (Å²) in [5, 5.41) is 3.22. The number of amides is 1. The summed E-state index contributed by atoms with van der Waals surface area (Å²) in [5.41, 5.74) is 0.920. The summed E-state index contributed by atoms with van der Waals surface area (Å²) in [5.74, 6) is 1.08. The first-order chi connectivity index (χ1) is 10.5. The van der Waals surface area contributed by atoms with Crippen LogP contribution in [0.2, 0.25) is 0 Å². The van der Waals surface area contributed by atoms with Crippen LogP contribution in [-0.4, -0.2) is 37.5 Å². The van der Waals surface area contributed by atoms with Crippen LogP contribution in [0.25, 0.3) is 0 Å². The molecule has 0 aliphatic carbocycles. The second-order valence-corrected chi connectivity index (χ2v) is 7.17. The molecule has 1 aliphatic heterocycles. The second kappa shape index (κ2) is 7.77. The Morgan fingerprint density at radius 2 is 1.86 bits per heavy atom. The van der Waals surface area contributed by atoms with Gasteiger partial charge < -0.3 is 10.2 Å². The first-order valence-corrected chi connectivity index (χ1v) is 8.51. The van der Waals surface area contributed by atoms with E-state index in [1.54, 1.807) is 0 Å². The summed E-state index contributed by atoms with van der Waals surface area (Å²) >= 11 is 0. The van der Waals surface area contributed by atoms with Crippen molar-refractivity contribution in [2.75, 3.05) is 26.7 Å². The maximum absolute atomic E-state index is 12.9. The number of nitrogens with zero attached hydrogens (tertiary/aromatic N) is 1. The average molecular weight is 302 g/mol. The number of piperidine rings is 1. The van der Waals surface area contributed by atoms with Gasteiger partial charge in [0.05, 0.1) is 0 Å². The van der Waals surface area contributed by atoms with Gasteiger partial charge in [0.2, 0.25) is 5.91 Å². The van der Waals surface area contributed by atoms with Gasteiger partial charge in [-0.1, -0.05) is 44.2 Å². The lowest BCUT2D eigenvalue weighted by Crippen LogP contribution is -2.46. The molecule has 22 heavy (non-hydrogen) atoms. The van der Waals surface area contributed by atoms with Gasteiger partial charge in [-0.3, -0.25) is 4.79 Å². The molecule has 1 aromatic carbocycles. The van der Waals surface area contributed by atoms with Crippen molar-refractivity contribution in [3.05, 3.63) is 35.9 Å². The molecule has 1 amide bonds. The Labute approximate surface area is 135 Å². The van der Waals surface area contributed by atoms with E-state index in [0.29, 0.717) is 5.91 Å². The highest BCUT2D eigenvalue weighted by Gasteiger charge is 2.33. The number of benzene rings is 1. The minimum atomic E-state index is -0.320. The molecule has 0 saturated carbocycles. The highest BCUT2D eigenvalue weighted by atomic mass is 16.2. The van der Waals surface area contributed by atoms with E-state index in [-0.39, 0.29) is 5.41 Å². The standard InChI is InChI=1S/C19H30N2O/c1-19(2,15-17-7-5-4-6-8-17)18(22)21-13-10-16(11-14-21)9-12-20-3/h4-8,16,20H,9-15H2,1-3H3. The third-order valence-corrected chi connectivity index (χ3v) is 4.77. The van der Waals surface area contributed by atoms with Crippen molar-refractivity contribution >= 4 is 5.91 Å². The van der Waals surface area contributed by atoms with Gasteiger partial charge >= 0.3 is 0 Å². The Kier molecular flexibility index (Phi) is 6.01. The monoisotopic (exact) mass is 302 g/mol. The number of carbonyl (C=O) groups excluding carboxylic acids is 1. The lowest BCUT2D eigenvalue weighted by Gasteiger charge is -2.37. The van der Waals surface area contributed by atoms with Crippen molar-refractivity contribution in [1.29, 1.82) is 0 Å². The molecule has 1 aromatic rings. The lowest BCUT2D eigenvalue weighted by molar-refractivity contribution is -0.141. The molecule has 1 aliphatic rings. The van der Waals surface area contributed by atoms with Gasteiger partial charge in [0, 0.05) is 18.5 Å². The highest BCUT2D eigenvalue weighted by molar-refractivity contribution is 5.82. The Bertz CT molecular complexity index is 462. The Morgan fingerprint density at radius 3 is 2.45 bits per heavy atom. The maximum atomic E-state index is 12.9. The zero-order chi connectivity index (χ0) is 16.0. The van der Waals surface area contributed by atoms with Crippen LogP contribution in [0.4, 0.5) is 0 Å². The van der Waals surface area contributed by atoms with Crippen LogP contribution in [0.3, 0.4) is 0 Å². The zero-order valence-corrected chi connectivity index (χ0v) is 14.3. The Hall–Kier alpha value is -1.35. The largest absolute Gasteiger partial charge is 0.342 e. The normalized spacial score (nSPS) is 16.8. The summed E-state index contributed by atoms with van der Waals surface area (Å²) in [6.07, 6.45) is 4.34. The van der Waals surface area contributed by atoms with Crippen LogP contribution >= 0.6 is 0 Å². The highest BCUT2D eigenvalue weighted by Crippen LogP contribution is 2.28. The van der Waals surface area contributed by atoms with Crippen LogP contribution in [0, 0.1) is 11.3 Å². The van der Waals surface area contributed by atoms with Gasteiger partial charge in [-0.25, -0.2) is 0 Å². The van der Waals surface area contributed by atoms with Crippen molar-refractivity contribution in [2.45, 2.75) is 39.5 Å². The fourth-order valence-corrected chi connectivity index (χ4v) is 3.38. The van der Waals surface area contributed by atoms with E-state index in [9.17, 15) is 4.79 Å². The Balaban J connectivity index is 1.88. The summed E-state index contributed by atoms with van der Waals surface area (Å²) in [6, 6.07) is 10.3. The van der Waals surface area contributed by atoms with Crippen molar-refractivity contribution in [2.24, 2.45) is 11.3 Å². The van der Waals surface area contributed by atoms with E-state index < -0.39 is 0 Å². The molecule has 0 radical (unpaired) electrons. The molecule has 0 spiro atoms. The molecule has 3 nitrogen and oxygen atoms in total. The quantitative estimate of drug-likeness (QED) is 0.876. The molecular formula is C19H30N2O. The van der Waals surface area contributed by atoms with E-state index in [1.807, 2.05) is 25.2 Å². The predicted molar refractivity (Wildman–Crippen MR) is 91.8 cm³/mol. The molecular weight excluding hydrogens is 272 g/mol. The van der Waals surface area contributed by atoms with E-state index in [1.165, 1.54) is 12.0 Å². The molecule has 1 heterocycles. The van der Waals surface area contributed by atoms with Crippen LogP contribution in [0.15, 0.2) is 30.3 Å². The van der Waals surface area contributed by atoms with Gasteiger partial charge in [-0.05, 0) is 50.8 Å². The number of nitrogens with one attached hydrogen (secondary N) is 1. The molecule has 3 heteroatoms. The molecule has 0 atom stereocenters. The maximum Gasteiger partial charge on any atom is 0.228 e. The summed E-state index contributed by atoms with van der Waals surface area (Å²) in [6.45, 7) is 7.08. The fourth-order valence-electron chi connectivity index (χ4n) is 3.38. The molecule has 122 valence electrons. The average Bonchev–Trinajstić information content (AvgIpc) is 2.53. The molecule has 0 bridgehead atoms. The number of rotatable bonds is 6. The van der Waals surface area contributed by atoms with Crippen molar-refractivity contribution in [3.63, 3.8) is 0 Å². The minimum Gasteiger partial charge on any atom is -0.342 e. The van der Waals surface area contributed by atoms with Crippen LogP contribution in [0.1, 0.15) is 38.7 Å². The van der Waals surface area contributed by atoms with E-state index in [0.717, 1.165) is 44.8 Å². The van der Waals surface area contributed by atoms with Crippen molar-refractivity contribution in [3.8, 4) is 0 Å². The molecule has 1 fully saturated rings. The topological polar surface area (TPSA) is 32.3 Å². The second-order valence-electron chi connectivity index (χ2n) is 7.17. The van der Waals surface area contributed by atoms with Gasteiger partial charge in [0.1, 0.15) is 0 Å². The molecule has 1 saturated heterocycles. The first-order valence-electron chi connectivity index (χ1n) is 8.51. The SMILES string of the molecule is CNCCC1CCN(C(=O)C(C)(C)Cc2ccccc2)CC1. The van der Waals surface area contributed by atoms with Crippen molar-refractivity contribution < 1.29 is 4.79 Å². The van der Waals surface area contributed by atoms with E-state index >= 15 is 0 Å². The number of carbonyl (C=O) groups is 1. The third-order valence-electron chi connectivity index (χ3n) is 4.77. The van der Waals surface area contributed by atoms with Crippen LogP contribution in [0.5, 0.6) is 0 Å². The summed E-state index contributed by atoms with van der Waals surface area (Å²) < 4.78 is 0.